The highest BCUT2D eigenvalue weighted by Crippen LogP contribution is 2.38. The molecular formula is C76H140NO8P. The zero-order valence-corrected chi connectivity index (χ0v) is 58.2. The normalized spacial score (nSPS) is 13.5. The molecular weight excluding hydrogens is 1090 g/mol. The summed E-state index contributed by atoms with van der Waals surface area (Å²) in [5, 5.41) is 0. The van der Waals surface area contributed by atoms with Gasteiger partial charge < -0.3 is 27.9 Å². The first kappa shape index (κ1) is 83.5. The van der Waals surface area contributed by atoms with Crippen LogP contribution in [0.4, 0.5) is 0 Å². The van der Waals surface area contributed by atoms with E-state index >= 15 is 0 Å². The molecule has 0 aliphatic rings. The average molecular weight is 1230 g/mol. The zero-order valence-electron chi connectivity index (χ0n) is 57.3. The van der Waals surface area contributed by atoms with E-state index in [0.717, 1.165) is 77.0 Å². The largest absolute Gasteiger partial charge is 0.756 e. The first-order chi connectivity index (χ1) is 42.0. The molecule has 0 rings (SSSR count). The van der Waals surface area contributed by atoms with Gasteiger partial charge in [-0.25, -0.2) is 0 Å². The van der Waals surface area contributed by atoms with Gasteiger partial charge in [-0.15, -0.1) is 0 Å². The Morgan fingerprint density at radius 3 is 1.00 bits per heavy atom. The van der Waals surface area contributed by atoms with Gasteiger partial charge in [0.2, 0.25) is 0 Å². The lowest BCUT2D eigenvalue weighted by molar-refractivity contribution is -0.870. The predicted molar refractivity (Wildman–Crippen MR) is 370 cm³/mol. The fourth-order valence-electron chi connectivity index (χ4n) is 10.6. The van der Waals surface area contributed by atoms with Crippen molar-refractivity contribution < 1.29 is 42.1 Å². The van der Waals surface area contributed by atoms with E-state index in [1.165, 1.54) is 238 Å². The molecule has 0 aromatic rings. The number of carbonyl (C=O) groups excluding carboxylic acids is 2. The summed E-state index contributed by atoms with van der Waals surface area (Å²) in [6.45, 7) is 4.15. The van der Waals surface area contributed by atoms with Crippen LogP contribution in [0.15, 0.2) is 72.9 Å². The molecule has 0 aliphatic carbocycles. The molecule has 2 unspecified atom stereocenters. The molecule has 0 heterocycles. The Balaban J connectivity index is 3.93. The second-order valence-corrected chi connectivity index (χ2v) is 27.3. The molecule has 0 saturated heterocycles. The minimum atomic E-state index is -4.65. The van der Waals surface area contributed by atoms with Gasteiger partial charge in [0.05, 0.1) is 27.7 Å². The second-order valence-electron chi connectivity index (χ2n) is 25.9. The third-order valence-electron chi connectivity index (χ3n) is 16.2. The summed E-state index contributed by atoms with van der Waals surface area (Å²) in [4.78, 5) is 38.1. The molecule has 9 nitrogen and oxygen atoms in total. The predicted octanol–water partition coefficient (Wildman–Crippen LogP) is 23.3. The van der Waals surface area contributed by atoms with Crippen molar-refractivity contribution in [3.8, 4) is 0 Å². The molecule has 0 N–H and O–H groups in total. The molecule has 0 spiro atoms. The number of carbonyl (C=O) groups is 2. The number of quaternary nitrogens is 1. The molecule has 0 amide bonds. The van der Waals surface area contributed by atoms with Crippen molar-refractivity contribution >= 4 is 19.8 Å². The van der Waals surface area contributed by atoms with Crippen LogP contribution in [-0.4, -0.2) is 70.0 Å². The lowest BCUT2D eigenvalue weighted by Gasteiger charge is -2.28. The molecule has 10 heteroatoms. The molecule has 0 aromatic heterocycles. The minimum Gasteiger partial charge on any atom is -0.756 e. The minimum absolute atomic E-state index is 0.0346. The summed E-state index contributed by atoms with van der Waals surface area (Å²) in [6, 6.07) is 0. The fraction of sp³-hybridized carbons (Fsp3) is 0.816. The van der Waals surface area contributed by atoms with Crippen molar-refractivity contribution in [2.45, 2.75) is 354 Å². The number of unbranched alkanes of at least 4 members (excludes halogenated alkanes) is 42. The van der Waals surface area contributed by atoms with E-state index in [1.54, 1.807) is 0 Å². The summed E-state index contributed by atoms with van der Waals surface area (Å²) in [6.07, 6.45) is 90.1. The summed E-state index contributed by atoms with van der Waals surface area (Å²) in [5.41, 5.74) is 0. The monoisotopic (exact) mass is 1230 g/mol. The van der Waals surface area contributed by atoms with E-state index in [4.69, 9.17) is 18.5 Å². The maximum Gasteiger partial charge on any atom is 0.306 e. The number of hydrogen-bond acceptors (Lipinski definition) is 8. The van der Waals surface area contributed by atoms with Gasteiger partial charge in [-0.05, 0) is 83.5 Å². The van der Waals surface area contributed by atoms with Crippen molar-refractivity contribution in [1.82, 2.24) is 0 Å². The van der Waals surface area contributed by atoms with E-state index in [-0.39, 0.29) is 32.0 Å². The Bertz CT molecular complexity index is 1680. The van der Waals surface area contributed by atoms with Crippen LogP contribution in [0.5, 0.6) is 0 Å². The third kappa shape index (κ3) is 70.5. The molecule has 2 atom stereocenters. The number of allylic oxidation sites excluding steroid dienone is 12. The van der Waals surface area contributed by atoms with Gasteiger partial charge in [-0.3, -0.25) is 14.2 Å². The van der Waals surface area contributed by atoms with Crippen molar-refractivity contribution in [2.75, 3.05) is 47.5 Å². The van der Waals surface area contributed by atoms with Crippen molar-refractivity contribution in [1.29, 1.82) is 0 Å². The lowest BCUT2D eigenvalue weighted by atomic mass is 10.0. The van der Waals surface area contributed by atoms with Crippen LogP contribution < -0.4 is 4.89 Å². The summed E-state index contributed by atoms with van der Waals surface area (Å²) in [7, 11) is 1.16. The maximum atomic E-state index is 12.8. The number of likely N-dealkylation sites (N-methyl/N-ethyl adjacent to an activating group) is 1. The van der Waals surface area contributed by atoms with E-state index in [1.807, 2.05) is 21.1 Å². The number of phosphoric ester groups is 1. The van der Waals surface area contributed by atoms with Crippen molar-refractivity contribution in [3.63, 3.8) is 0 Å². The van der Waals surface area contributed by atoms with Crippen molar-refractivity contribution in [2.24, 2.45) is 0 Å². The van der Waals surface area contributed by atoms with E-state index in [0.29, 0.717) is 17.4 Å². The quantitative estimate of drug-likeness (QED) is 0.0195. The van der Waals surface area contributed by atoms with Gasteiger partial charge >= 0.3 is 11.9 Å². The summed E-state index contributed by atoms with van der Waals surface area (Å²) < 4.78 is 34.3. The van der Waals surface area contributed by atoms with Crippen LogP contribution in [0.1, 0.15) is 348 Å². The van der Waals surface area contributed by atoms with E-state index < -0.39 is 26.5 Å². The van der Waals surface area contributed by atoms with Crippen LogP contribution in [0, 0.1) is 0 Å². The maximum absolute atomic E-state index is 12.8. The molecule has 0 aliphatic heterocycles. The molecule has 0 aromatic carbocycles. The number of rotatable bonds is 68. The molecule has 0 fully saturated rings. The average Bonchev–Trinajstić information content (AvgIpc) is 3.56. The van der Waals surface area contributed by atoms with Gasteiger partial charge in [-0.2, -0.15) is 0 Å². The Kier molecular flexibility index (Phi) is 64.9. The van der Waals surface area contributed by atoms with Gasteiger partial charge in [-0.1, -0.05) is 324 Å². The van der Waals surface area contributed by atoms with Gasteiger partial charge in [0.1, 0.15) is 19.8 Å². The van der Waals surface area contributed by atoms with Crippen molar-refractivity contribution in [3.05, 3.63) is 72.9 Å². The highest BCUT2D eigenvalue weighted by Gasteiger charge is 2.22. The third-order valence-corrected chi connectivity index (χ3v) is 17.2. The van der Waals surface area contributed by atoms with Gasteiger partial charge in [0.25, 0.3) is 7.82 Å². The highest BCUT2D eigenvalue weighted by molar-refractivity contribution is 7.45. The van der Waals surface area contributed by atoms with E-state index in [2.05, 4.69) is 86.8 Å². The van der Waals surface area contributed by atoms with Crippen LogP contribution in [0.2, 0.25) is 0 Å². The first-order valence-electron chi connectivity index (χ1n) is 36.6. The molecule has 0 radical (unpaired) electrons. The van der Waals surface area contributed by atoms with Crippen LogP contribution in [-0.2, 0) is 32.7 Å². The number of hydrogen-bond donors (Lipinski definition) is 0. The molecule has 502 valence electrons. The molecule has 0 saturated carbocycles. The summed E-state index contributed by atoms with van der Waals surface area (Å²) in [5.74, 6) is -0.835. The Morgan fingerprint density at radius 2 is 0.663 bits per heavy atom. The standard InChI is InChI=1S/C76H140NO8P/c1-6-8-10-12-14-16-18-20-22-24-26-28-30-31-32-33-34-35-36-37-38-39-40-41-42-43-44-45-47-48-50-52-54-56-58-60-62-64-66-68-75(78)82-72-74(73-84-86(80,81)83-71-70-77(3,4)5)85-76(79)69-67-65-63-61-59-57-55-53-51-49-46-29-27-25-23-21-19-17-15-13-11-9-7-2/h9,11,15,17,21,23-24,26-27,29,49,51,74H,6-8,10,12-14,16,18-20,22,25,28,30-48,50,52-73H2,1-5H3/b11-9-,17-15-,23-21-,26-24-,29-27-,51-49-. The number of esters is 2. The number of ether oxygens (including phenoxy) is 2. The van der Waals surface area contributed by atoms with Crippen LogP contribution in [0.25, 0.3) is 0 Å². The fourth-order valence-corrected chi connectivity index (χ4v) is 11.4. The van der Waals surface area contributed by atoms with Crippen LogP contribution in [0.3, 0.4) is 0 Å². The zero-order chi connectivity index (χ0) is 62.6. The second kappa shape index (κ2) is 66.9. The highest BCUT2D eigenvalue weighted by atomic mass is 31.2. The Hall–Kier alpha value is -2.55. The van der Waals surface area contributed by atoms with Gasteiger partial charge in [0.15, 0.2) is 6.10 Å². The Labute approximate surface area is 533 Å². The van der Waals surface area contributed by atoms with Crippen LogP contribution >= 0.6 is 7.82 Å². The molecule has 86 heavy (non-hydrogen) atoms. The lowest BCUT2D eigenvalue weighted by Crippen LogP contribution is -2.37. The smallest absolute Gasteiger partial charge is 0.306 e. The SMILES string of the molecule is CC/C=C\C/C=C\C/C=C\C/C=C\C/C=C\CCCCCCCCCC(=O)OC(COC(=O)CCCCCCCCCCCCCCCCCCCCCCCCCCCCC/C=C\CCCCCCCCCC)COP(=O)([O-])OCC[N+](C)(C)C. The number of phosphoric acid groups is 1. The number of nitrogens with zero attached hydrogens (tertiary/aromatic N) is 1. The Morgan fingerprint density at radius 1 is 0.372 bits per heavy atom. The van der Waals surface area contributed by atoms with Gasteiger partial charge in [0, 0.05) is 12.8 Å². The topological polar surface area (TPSA) is 111 Å². The molecule has 0 bridgehead atoms. The summed E-state index contributed by atoms with van der Waals surface area (Å²) >= 11 is 0. The van der Waals surface area contributed by atoms with E-state index in [9.17, 15) is 19.0 Å². The first-order valence-corrected chi connectivity index (χ1v) is 38.1.